The van der Waals surface area contributed by atoms with E-state index in [4.69, 9.17) is 4.74 Å². The van der Waals surface area contributed by atoms with Crippen molar-refractivity contribution in [2.75, 3.05) is 25.9 Å². The number of aromatic nitrogens is 2. The zero-order valence-electron chi connectivity index (χ0n) is 15.8. The summed E-state index contributed by atoms with van der Waals surface area (Å²) in [7, 11) is -3.17. The van der Waals surface area contributed by atoms with E-state index in [-0.39, 0.29) is 17.6 Å². The number of fused-ring (bicyclic) bond motifs is 2. The standard InChI is InChI=1S/C19H26N4O3S/c1-13-4-3-7-23-18(13)14(8-20-23)10-22-11-16-15(9-21-27(2,24)25)17-5-6-19(16,12-22)26-17/h3-4,7-8,15-17,21H,5-6,9-12H2,1-2H3/t15-,16+,17+,19+/m0/s1. The summed E-state index contributed by atoms with van der Waals surface area (Å²) in [4.78, 5) is 2.46. The van der Waals surface area contributed by atoms with E-state index in [9.17, 15) is 8.42 Å². The van der Waals surface area contributed by atoms with Crippen LogP contribution in [-0.4, -0.2) is 60.5 Å². The summed E-state index contributed by atoms with van der Waals surface area (Å²) in [5, 5.41) is 4.49. The largest absolute Gasteiger partial charge is 0.370 e. The fourth-order valence-corrected chi connectivity index (χ4v) is 6.07. The van der Waals surface area contributed by atoms with E-state index in [1.165, 1.54) is 22.9 Å². The van der Waals surface area contributed by atoms with Crippen molar-refractivity contribution in [2.24, 2.45) is 11.8 Å². The summed E-state index contributed by atoms with van der Waals surface area (Å²) in [5.74, 6) is 0.664. The smallest absolute Gasteiger partial charge is 0.208 e. The van der Waals surface area contributed by atoms with Crippen LogP contribution in [-0.2, 0) is 21.3 Å². The van der Waals surface area contributed by atoms with Gasteiger partial charge in [0.15, 0.2) is 0 Å². The third kappa shape index (κ3) is 2.90. The number of nitrogens with zero attached hydrogens (tertiary/aromatic N) is 3. The van der Waals surface area contributed by atoms with Crippen molar-refractivity contribution in [3.8, 4) is 0 Å². The molecule has 0 amide bonds. The average Bonchev–Trinajstić information content (AvgIpc) is 3.32. The number of sulfonamides is 1. The summed E-state index contributed by atoms with van der Waals surface area (Å²) in [6.45, 7) is 5.34. The van der Waals surface area contributed by atoms with E-state index in [0.29, 0.717) is 12.5 Å². The highest BCUT2D eigenvalue weighted by Crippen LogP contribution is 2.54. The lowest BCUT2D eigenvalue weighted by Gasteiger charge is -2.29. The fraction of sp³-hybridized carbons (Fsp3) is 0.632. The number of hydrogen-bond acceptors (Lipinski definition) is 5. The molecule has 0 aromatic carbocycles. The van der Waals surface area contributed by atoms with Crippen molar-refractivity contribution in [3.63, 3.8) is 0 Å². The predicted molar refractivity (Wildman–Crippen MR) is 102 cm³/mol. The Balaban J connectivity index is 1.35. The van der Waals surface area contributed by atoms with Crippen LogP contribution in [0.1, 0.15) is 24.0 Å². The molecule has 7 nitrogen and oxygen atoms in total. The Bertz CT molecular complexity index is 988. The molecular formula is C19H26N4O3S. The summed E-state index contributed by atoms with van der Waals surface area (Å²) < 4.78 is 34.2. The molecule has 1 spiro atoms. The van der Waals surface area contributed by atoms with Crippen molar-refractivity contribution in [3.05, 3.63) is 35.7 Å². The van der Waals surface area contributed by atoms with Crippen molar-refractivity contribution < 1.29 is 13.2 Å². The molecule has 2 aromatic heterocycles. The van der Waals surface area contributed by atoms with Gasteiger partial charge < -0.3 is 4.74 Å². The van der Waals surface area contributed by atoms with Gasteiger partial charge in [-0.05, 0) is 31.4 Å². The molecule has 0 aliphatic carbocycles. The SMILES string of the molecule is Cc1cccn2ncc(CN3C[C@@H]4[C@H](CNS(C)(=O)=O)[C@H]5CC[C@]4(C3)O5)c12. The second-order valence-corrected chi connectivity index (χ2v) is 10.3. The van der Waals surface area contributed by atoms with Crippen LogP contribution in [0.3, 0.4) is 0 Å². The minimum absolute atomic E-state index is 0.0907. The molecule has 0 saturated carbocycles. The normalized spacial score (nSPS) is 33.2. The van der Waals surface area contributed by atoms with Gasteiger partial charge in [-0.3, -0.25) is 4.90 Å². The molecule has 3 aliphatic heterocycles. The van der Waals surface area contributed by atoms with E-state index in [2.05, 4.69) is 27.7 Å². The molecule has 3 saturated heterocycles. The summed E-state index contributed by atoms with van der Waals surface area (Å²) >= 11 is 0. The highest BCUT2D eigenvalue weighted by Gasteiger charge is 2.62. The second-order valence-electron chi connectivity index (χ2n) is 8.47. The lowest BCUT2D eigenvalue weighted by molar-refractivity contribution is 0.00222. The quantitative estimate of drug-likeness (QED) is 0.830. The summed E-state index contributed by atoms with van der Waals surface area (Å²) in [6.07, 6.45) is 7.50. The Morgan fingerprint density at radius 1 is 1.44 bits per heavy atom. The van der Waals surface area contributed by atoms with Gasteiger partial charge in [0.05, 0.1) is 29.7 Å². The van der Waals surface area contributed by atoms with Crippen LogP contribution in [0.4, 0.5) is 0 Å². The molecule has 4 atom stereocenters. The van der Waals surface area contributed by atoms with E-state index in [0.717, 1.165) is 32.5 Å². The molecule has 27 heavy (non-hydrogen) atoms. The molecule has 5 rings (SSSR count). The molecule has 5 heterocycles. The van der Waals surface area contributed by atoms with Gasteiger partial charge in [-0.2, -0.15) is 5.10 Å². The highest BCUT2D eigenvalue weighted by atomic mass is 32.2. The van der Waals surface area contributed by atoms with Gasteiger partial charge in [0, 0.05) is 49.8 Å². The molecule has 8 heteroatoms. The van der Waals surface area contributed by atoms with Gasteiger partial charge in [0.25, 0.3) is 0 Å². The average molecular weight is 391 g/mol. The van der Waals surface area contributed by atoms with E-state index >= 15 is 0 Å². The predicted octanol–water partition coefficient (Wildman–Crippen LogP) is 1.17. The van der Waals surface area contributed by atoms with Gasteiger partial charge in [-0.25, -0.2) is 17.7 Å². The minimum atomic E-state index is -3.17. The Hall–Kier alpha value is -1.48. The topological polar surface area (TPSA) is 75.9 Å². The summed E-state index contributed by atoms with van der Waals surface area (Å²) in [5.41, 5.74) is 3.57. The molecule has 0 radical (unpaired) electrons. The monoisotopic (exact) mass is 390 g/mol. The first-order valence-electron chi connectivity index (χ1n) is 9.61. The van der Waals surface area contributed by atoms with Crippen LogP contribution >= 0.6 is 0 Å². The number of hydrogen-bond donors (Lipinski definition) is 1. The lowest BCUT2D eigenvalue weighted by Crippen LogP contribution is -2.41. The number of rotatable bonds is 5. The van der Waals surface area contributed by atoms with Gasteiger partial charge >= 0.3 is 0 Å². The first-order chi connectivity index (χ1) is 12.8. The van der Waals surface area contributed by atoms with Crippen molar-refractivity contribution >= 4 is 15.5 Å². The third-order valence-corrected chi connectivity index (χ3v) is 7.34. The number of nitrogens with one attached hydrogen (secondary N) is 1. The first-order valence-corrected chi connectivity index (χ1v) is 11.5. The molecule has 1 N–H and O–H groups in total. The van der Waals surface area contributed by atoms with Crippen LogP contribution < -0.4 is 4.72 Å². The Kier molecular flexibility index (Phi) is 3.92. The molecule has 2 aromatic rings. The maximum Gasteiger partial charge on any atom is 0.208 e. The maximum atomic E-state index is 11.5. The molecular weight excluding hydrogens is 364 g/mol. The number of ether oxygens (including phenoxy) is 1. The zero-order chi connectivity index (χ0) is 18.8. The Morgan fingerprint density at radius 3 is 3.11 bits per heavy atom. The molecule has 3 fully saturated rings. The van der Waals surface area contributed by atoms with Crippen molar-refractivity contribution in [1.82, 2.24) is 19.2 Å². The van der Waals surface area contributed by atoms with Crippen LogP contribution in [0.15, 0.2) is 24.5 Å². The molecule has 2 bridgehead atoms. The van der Waals surface area contributed by atoms with Crippen molar-refractivity contribution in [2.45, 2.75) is 38.0 Å². The fourth-order valence-electron chi connectivity index (χ4n) is 5.58. The van der Waals surface area contributed by atoms with Gasteiger partial charge in [0.1, 0.15) is 0 Å². The van der Waals surface area contributed by atoms with Crippen LogP contribution in [0.5, 0.6) is 0 Å². The van der Waals surface area contributed by atoms with E-state index < -0.39 is 10.0 Å². The lowest BCUT2D eigenvalue weighted by atomic mass is 9.74. The minimum Gasteiger partial charge on any atom is -0.370 e. The van der Waals surface area contributed by atoms with Gasteiger partial charge in [0.2, 0.25) is 10.0 Å². The second kappa shape index (κ2) is 6.01. The number of likely N-dealkylation sites (tertiary alicyclic amines) is 1. The Labute approximate surface area is 159 Å². The molecule has 146 valence electrons. The highest BCUT2D eigenvalue weighted by molar-refractivity contribution is 7.88. The van der Waals surface area contributed by atoms with Crippen molar-refractivity contribution in [1.29, 1.82) is 0 Å². The van der Waals surface area contributed by atoms with E-state index in [1.807, 2.05) is 23.0 Å². The van der Waals surface area contributed by atoms with Crippen LogP contribution in [0.25, 0.3) is 5.52 Å². The third-order valence-electron chi connectivity index (χ3n) is 6.65. The van der Waals surface area contributed by atoms with Gasteiger partial charge in [-0.1, -0.05) is 6.07 Å². The molecule has 0 unspecified atom stereocenters. The number of pyridine rings is 1. The first kappa shape index (κ1) is 17.6. The zero-order valence-corrected chi connectivity index (χ0v) is 16.6. The van der Waals surface area contributed by atoms with Crippen LogP contribution in [0.2, 0.25) is 0 Å². The van der Waals surface area contributed by atoms with Gasteiger partial charge in [-0.15, -0.1) is 0 Å². The molecule has 3 aliphatic rings. The van der Waals surface area contributed by atoms with E-state index in [1.54, 1.807) is 0 Å². The van der Waals surface area contributed by atoms with Crippen LogP contribution in [0, 0.1) is 18.8 Å². The number of aryl methyl sites for hydroxylation is 1. The summed E-state index contributed by atoms with van der Waals surface area (Å²) in [6, 6.07) is 4.14. The Morgan fingerprint density at radius 2 is 2.30 bits per heavy atom. The maximum absolute atomic E-state index is 11.5.